The van der Waals surface area contributed by atoms with Gasteiger partial charge in [-0.1, -0.05) is 12.1 Å². The van der Waals surface area contributed by atoms with Crippen molar-refractivity contribution in [1.82, 2.24) is 0 Å². The van der Waals surface area contributed by atoms with Gasteiger partial charge in [0.1, 0.15) is 5.69 Å². The molecule has 0 aliphatic rings. The van der Waals surface area contributed by atoms with Crippen LogP contribution >= 0.6 is 0 Å². The van der Waals surface area contributed by atoms with Crippen LogP contribution in [0, 0.1) is 16.2 Å². The van der Waals surface area contributed by atoms with E-state index in [0.717, 1.165) is 12.3 Å². The van der Waals surface area contributed by atoms with Crippen LogP contribution in [-0.4, -0.2) is 19.6 Å². The number of nitrogens with zero attached hydrogens (tertiary/aromatic N) is 1. The van der Waals surface area contributed by atoms with Gasteiger partial charge in [-0.3, -0.25) is 10.1 Å². The SMILES string of the molecule is CS(=O)(=O)c1ccc(Nc2c[c]ccc2)c([N+](=O)[O-])c1. The van der Waals surface area contributed by atoms with Crippen LogP contribution in [0.4, 0.5) is 17.1 Å². The first kappa shape index (κ1) is 14.0. The van der Waals surface area contributed by atoms with E-state index in [1.807, 2.05) is 0 Å². The predicted molar refractivity (Wildman–Crippen MR) is 74.8 cm³/mol. The molecule has 103 valence electrons. The summed E-state index contributed by atoms with van der Waals surface area (Å²) in [6.45, 7) is 0. The van der Waals surface area contributed by atoms with Crippen LogP contribution in [-0.2, 0) is 9.84 Å². The zero-order valence-electron chi connectivity index (χ0n) is 10.5. The molecule has 0 fully saturated rings. The Kier molecular flexibility index (Phi) is 3.71. The molecular weight excluding hydrogens is 280 g/mol. The first-order chi connectivity index (χ1) is 9.38. The Morgan fingerprint density at radius 3 is 2.60 bits per heavy atom. The van der Waals surface area contributed by atoms with Crippen molar-refractivity contribution in [3.63, 3.8) is 0 Å². The molecule has 0 heterocycles. The molecule has 0 amide bonds. The van der Waals surface area contributed by atoms with Crippen molar-refractivity contribution in [3.05, 3.63) is 58.6 Å². The zero-order chi connectivity index (χ0) is 14.8. The molecule has 0 aliphatic carbocycles. The maximum absolute atomic E-state index is 11.4. The van der Waals surface area contributed by atoms with E-state index < -0.39 is 14.8 Å². The Morgan fingerprint density at radius 1 is 1.30 bits per heavy atom. The molecule has 0 atom stereocenters. The Labute approximate surface area is 116 Å². The summed E-state index contributed by atoms with van der Waals surface area (Å²) in [4.78, 5) is 10.3. The Hall–Kier alpha value is -2.41. The molecule has 6 nitrogen and oxygen atoms in total. The van der Waals surface area contributed by atoms with E-state index in [1.165, 1.54) is 12.1 Å². The highest BCUT2D eigenvalue weighted by Crippen LogP contribution is 2.29. The van der Waals surface area contributed by atoms with Gasteiger partial charge in [0.15, 0.2) is 9.84 Å². The lowest BCUT2D eigenvalue weighted by Gasteiger charge is -2.08. The average molecular weight is 291 g/mol. The topological polar surface area (TPSA) is 89.3 Å². The number of nitro benzene ring substituents is 1. The molecule has 2 rings (SSSR count). The van der Waals surface area contributed by atoms with E-state index in [-0.39, 0.29) is 16.3 Å². The van der Waals surface area contributed by atoms with E-state index in [2.05, 4.69) is 11.4 Å². The van der Waals surface area contributed by atoms with Gasteiger partial charge in [0, 0.05) is 18.0 Å². The summed E-state index contributed by atoms with van der Waals surface area (Å²) in [5, 5.41) is 13.9. The van der Waals surface area contributed by atoms with Crippen LogP contribution < -0.4 is 5.32 Å². The molecule has 0 aromatic heterocycles. The number of sulfone groups is 1. The second-order valence-electron chi connectivity index (χ2n) is 4.13. The van der Waals surface area contributed by atoms with Gasteiger partial charge < -0.3 is 5.32 Å². The minimum absolute atomic E-state index is 0.0885. The number of anilines is 2. The first-order valence-electron chi connectivity index (χ1n) is 5.59. The number of nitro groups is 1. The molecule has 0 saturated carbocycles. The maximum atomic E-state index is 11.4. The maximum Gasteiger partial charge on any atom is 0.293 e. The summed E-state index contributed by atoms with van der Waals surface area (Å²) < 4.78 is 22.9. The Morgan fingerprint density at radius 2 is 2.05 bits per heavy atom. The number of hydrogen-bond acceptors (Lipinski definition) is 5. The Bertz CT molecular complexity index is 742. The van der Waals surface area contributed by atoms with E-state index in [1.54, 1.807) is 24.3 Å². The highest BCUT2D eigenvalue weighted by atomic mass is 32.2. The molecule has 1 N–H and O–H groups in total. The van der Waals surface area contributed by atoms with Gasteiger partial charge in [0.05, 0.1) is 9.82 Å². The second-order valence-corrected chi connectivity index (χ2v) is 6.14. The van der Waals surface area contributed by atoms with Crippen molar-refractivity contribution in [2.45, 2.75) is 4.90 Å². The van der Waals surface area contributed by atoms with Crippen molar-refractivity contribution in [2.24, 2.45) is 0 Å². The monoisotopic (exact) mass is 291 g/mol. The molecule has 0 aliphatic heterocycles. The number of nitrogens with one attached hydrogen (secondary N) is 1. The summed E-state index contributed by atoms with van der Waals surface area (Å²) in [6, 6.07) is 13.4. The summed E-state index contributed by atoms with van der Waals surface area (Å²) in [7, 11) is -3.49. The minimum Gasteiger partial charge on any atom is -0.350 e. The molecule has 0 unspecified atom stereocenters. The van der Waals surface area contributed by atoms with Gasteiger partial charge in [0.25, 0.3) is 5.69 Å². The van der Waals surface area contributed by atoms with Crippen molar-refractivity contribution >= 4 is 26.9 Å². The summed E-state index contributed by atoms with van der Waals surface area (Å²) in [6.07, 6.45) is 1.01. The number of benzene rings is 2. The molecule has 20 heavy (non-hydrogen) atoms. The van der Waals surface area contributed by atoms with Crippen LogP contribution in [0.3, 0.4) is 0 Å². The van der Waals surface area contributed by atoms with Gasteiger partial charge in [-0.15, -0.1) is 0 Å². The van der Waals surface area contributed by atoms with Gasteiger partial charge in [-0.2, -0.15) is 0 Å². The van der Waals surface area contributed by atoms with E-state index >= 15 is 0 Å². The lowest BCUT2D eigenvalue weighted by molar-refractivity contribution is -0.384. The standard InChI is InChI=1S/C13H11N2O4S/c1-20(18,19)11-7-8-12(13(9-11)15(16)17)14-10-5-3-2-4-6-10/h2-3,5-9,14H,1H3. The zero-order valence-corrected chi connectivity index (χ0v) is 11.3. The van der Waals surface area contributed by atoms with Crippen LogP contribution in [0.5, 0.6) is 0 Å². The smallest absolute Gasteiger partial charge is 0.293 e. The summed E-state index contributed by atoms with van der Waals surface area (Å²) >= 11 is 0. The normalized spacial score (nSPS) is 11.1. The molecule has 1 radical (unpaired) electrons. The van der Waals surface area contributed by atoms with Crippen LogP contribution in [0.15, 0.2) is 47.4 Å². The average Bonchev–Trinajstić information content (AvgIpc) is 2.38. The van der Waals surface area contributed by atoms with Gasteiger partial charge >= 0.3 is 0 Å². The van der Waals surface area contributed by atoms with Gasteiger partial charge in [-0.25, -0.2) is 8.42 Å². The third kappa shape index (κ3) is 3.12. The second kappa shape index (κ2) is 5.30. The summed E-state index contributed by atoms with van der Waals surface area (Å²) in [5.74, 6) is 0. The predicted octanol–water partition coefficient (Wildman–Crippen LogP) is 2.54. The summed E-state index contributed by atoms with van der Waals surface area (Å²) in [5.41, 5.74) is 0.557. The van der Waals surface area contributed by atoms with Crippen LogP contribution in [0.25, 0.3) is 0 Å². The van der Waals surface area contributed by atoms with Gasteiger partial charge in [0.2, 0.25) is 0 Å². The largest absolute Gasteiger partial charge is 0.350 e. The molecule has 0 bridgehead atoms. The van der Waals surface area contributed by atoms with Crippen molar-refractivity contribution < 1.29 is 13.3 Å². The van der Waals surface area contributed by atoms with E-state index in [4.69, 9.17) is 0 Å². The quantitative estimate of drug-likeness (QED) is 0.690. The fraction of sp³-hybridized carbons (Fsp3) is 0.0769. The minimum atomic E-state index is -3.49. The highest BCUT2D eigenvalue weighted by Gasteiger charge is 2.18. The molecule has 0 saturated heterocycles. The van der Waals surface area contributed by atoms with Crippen molar-refractivity contribution in [3.8, 4) is 0 Å². The number of hydrogen-bond donors (Lipinski definition) is 1. The lowest BCUT2D eigenvalue weighted by atomic mass is 10.2. The third-order valence-corrected chi connectivity index (χ3v) is 3.69. The molecule has 0 spiro atoms. The van der Waals surface area contributed by atoms with Crippen molar-refractivity contribution in [1.29, 1.82) is 0 Å². The Balaban J connectivity index is 2.46. The van der Waals surface area contributed by atoms with E-state index in [0.29, 0.717) is 5.69 Å². The molecule has 2 aromatic carbocycles. The van der Waals surface area contributed by atoms with E-state index in [9.17, 15) is 18.5 Å². The molecular formula is C13H11N2O4S. The number of rotatable bonds is 4. The van der Waals surface area contributed by atoms with Crippen LogP contribution in [0.2, 0.25) is 0 Å². The van der Waals surface area contributed by atoms with Crippen molar-refractivity contribution in [2.75, 3.05) is 11.6 Å². The molecule has 7 heteroatoms. The fourth-order valence-electron chi connectivity index (χ4n) is 1.63. The van der Waals surface area contributed by atoms with Crippen LogP contribution in [0.1, 0.15) is 0 Å². The first-order valence-corrected chi connectivity index (χ1v) is 7.49. The lowest BCUT2D eigenvalue weighted by Crippen LogP contribution is -2.01. The molecule has 2 aromatic rings. The van der Waals surface area contributed by atoms with Gasteiger partial charge in [-0.05, 0) is 30.3 Å². The highest BCUT2D eigenvalue weighted by molar-refractivity contribution is 7.90. The fourth-order valence-corrected chi connectivity index (χ4v) is 2.27. The third-order valence-electron chi connectivity index (χ3n) is 2.58.